The zero-order chi connectivity index (χ0) is 19.3. The average molecular weight is 375 g/mol. The third-order valence-electron chi connectivity index (χ3n) is 5.12. The second-order valence-electron chi connectivity index (χ2n) is 6.84. The topological polar surface area (TPSA) is 102 Å². The maximum absolute atomic E-state index is 12.6. The van der Waals surface area contributed by atoms with Crippen LogP contribution in [-0.4, -0.2) is 53.2 Å². The number of hydrogen-bond donors (Lipinski definition) is 1. The van der Waals surface area contributed by atoms with E-state index in [-0.39, 0.29) is 17.5 Å². The number of rotatable bonds is 3. The monoisotopic (exact) mass is 375 g/mol. The average Bonchev–Trinajstić information content (AvgIpc) is 3.26. The zero-order valence-electron chi connectivity index (χ0n) is 15.1. The van der Waals surface area contributed by atoms with Crippen LogP contribution in [0.4, 0.5) is 0 Å². The lowest BCUT2D eigenvalue weighted by molar-refractivity contribution is -0.134. The van der Waals surface area contributed by atoms with Gasteiger partial charge < -0.3 is 14.5 Å². The summed E-state index contributed by atoms with van der Waals surface area (Å²) in [5.74, 6) is 0.0710. The molecule has 4 aromatic rings. The van der Waals surface area contributed by atoms with Gasteiger partial charge >= 0.3 is 0 Å². The number of pyridine rings is 1. The molecule has 28 heavy (non-hydrogen) atoms. The van der Waals surface area contributed by atoms with Crippen LogP contribution in [0.15, 0.2) is 54.2 Å². The molecule has 1 amide bonds. The van der Waals surface area contributed by atoms with Gasteiger partial charge in [-0.25, -0.2) is 4.98 Å². The largest absolute Gasteiger partial charge is 0.339 e. The second-order valence-corrected chi connectivity index (χ2v) is 6.84. The van der Waals surface area contributed by atoms with E-state index in [1.165, 1.54) is 6.33 Å². The quantitative estimate of drug-likeness (QED) is 0.583. The highest BCUT2D eigenvalue weighted by atomic mass is 16.2. The van der Waals surface area contributed by atoms with Crippen LogP contribution in [0.25, 0.3) is 27.8 Å². The van der Waals surface area contributed by atoms with Crippen molar-refractivity contribution >= 4 is 16.9 Å². The molecule has 1 N–H and O–H groups in total. The molecule has 5 rings (SSSR count). The number of carbonyl (C=O) groups excluding carboxylic acids is 1. The van der Waals surface area contributed by atoms with Crippen molar-refractivity contribution in [3.63, 3.8) is 0 Å². The molecule has 0 saturated carbocycles. The first-order valence-corrected chi connectivity index (χ1v) is 8.91. The number of fused-ring (bicyclic) bond motifs is 1. The highest BCUT2D eigenvalue weighted by Crippen LogP contribution is 2.30. The molecule has 0 bridgehead atoms. The van der Waals surface area contributed by atoms with E-state index in [9.17, 15) is 9.59 Å². The molecule has 0 unspecified atom stereocenters. The van der Waals surface area contributed by atoms with Gasteiger partial charge in [-0.3, -0.25) is 19.3 Å². The first-order chi connectivity index (χ1) is 13.6. The number of amides is 1. The van der Waals surface area contributed by atoms with E-state index >= 15 is 0 Å². The molecule has 0 aliphatic carbocycles. The van der Waals surface area contributed by atoms with Crippen molar-refractivity contribution in [3.8, 4) is 16.8 Å². The fourth-order valence-corrected chi connectivity index (χ4v) is 3.55. The third kappa shape index (κ3) is 2.51. The van der Waals surface area contributed by atoms with Crippen LogP contribution in [0.5, 0.6) is 0 Å². The lowest BCUT2D eigenvalue weighted by atomic mass is 10.1. The number of aromatic amines is 1. The maximum Gasteiger partial charge on any atom is 0.260 e. The highest BCUT2D eigenvalue weighted by molar-refractivity contribution is 5.94. The van der Waals surface area contributed by atoms with Gasteiger partial charge in [-0.2, -0.15) is 5.10 Å². The number of likely N-dealkylation sites (tertiary alicyclic amines) is 1. The number of nitrogens with zero attached hydrogens (tertiary/aromatic N) is 6. The van der Waals surface area contributed by atoms with Crippen LogP contribution < -0.4 is 5.56 Å². The SMILES string of the molecule is CC(=O)N1CC(n2cc(-c3cn(-c4ccncc4)c4nc[nH]c(=O)c34)cn2)C1. The summed E-state index contributed by atoms with van der Waals surface area (Å²) < 4.78 is 3.73. The van der Waals surface area contributed by atoms with Gasteiger partial charge in [0.05, 0.1) is 29.6 Å². The fourth-order valence-electron chi connectivity index (χ4n) is 3.55. The smallest absolute Gasteiger partial charge is 0.260 e. The normalized spacial score (nSPS) is 14.4. The molecule has 0 aromatic carbocycles. The second kappa shape index (κ2) is 6.15. The van der Waals surface area contributed by atoms with Gasteiger partial charge in [0.1, 0.15) is 0 Å². The summed E-state index contributed by atoms with van der Waals surface area (Å²) in [6.07, 6.45) is 10.4. The van der Waals surface area contributed by atoms with Gasteiger partial charge in [0.15, 0.2) is 5.65 Å². The van der Waals surface area contributed by atoms with Crippen molar-refractivity contribution in [3.05, 3.63) is 59.8 Å². The third-order valence-corrected chi connectivity index (χ3v) is 5.12. The molecule has 1 fully saturated rings. The Morgan fingerprint density at radius 2 is 2.00 bits per heavy atom. The Morgan fingerprint density at radius 3 is 2.75 bits per heavy atom. The van der Waals surface area contributed by atoms with E-state index in [1.54, 1.807) is 30.4 Å². The first kappa shape index (κ1) is 16.4. The zero-order valence-corrected chi connectivity index (χ0v) is 15.1. The molecule has 1 aliphatic rings. The van der Waals surface area contributed by atoms with Gasteiger partial charge in [0.2, 0.25) is 5.91 Å². The lowest BCUT2D eigenvalue weighted by Gasteiger charge is -2.38. The van der Waals surface area contributed by atoms with E-state index < -0.39 is 0 Å². The standard InChI is InChI=1S/C19H17N7O2/c1-12(27)24-8-15(9-24)26-7-13(6-23-26)16-10-25(14-2-4-20-5-3-14)18-17(16)19(28)22-11-21-18/h2-7,10-11,15H,8-9H2,1H3,(H,21,22,28). The Kier molecular flexibility index (Phi) is 3.61. The molecular weight excluding hydrogens is 358 g/mol. The predicted octanol–water partition coefficient (Wildman–Crippen LogP) is 1.38. The van der Waals surface area contributed by atoms with Crippen molar-refractivity contribution in [1.82, 2.24) is 34.2 Å². The van der Waals surface area contributed by atoms with Crippen LogP contribution in [0.2, 0.25) is 0 Å². The minimum absolute atomic E-state index is 0.0710. The van der Waals surface area contributed by atoms with Crippen LogP contribution in [0.1, 0.15) is 13.0 Å². The molecule has 1 saturated heterocycles. The molecule has 0 radical (unpaired) electrons. The van der Waals surface area contributed by atoms with Crippen molar-refractivity contribution < 1.29 is 4.79 Å². The van der Waals surface area contributed by atoms with Gasteiger partial charge in [-0.1, -0.05) is 0 Å². The first-order valence-electron chi connectivity index (χ1n) is 8.91. The van der Waals surface area contributed by atoms with E-state index in [2.05, 4.69) is 20.1 Å². The molecular formula is C19H17N7O2. The summed E-state index contributed by atoms with van der Waals surface area (Å²) in [6, 6.07) is 3.88. The van der Waals surface area contributed by atoms with E-state index in [4.69, 9.17) is 0 Å². The van der Waals surface area contributed by atoms with E-state index in [1.807, 2.05) is 33.8 Å². The van der Waals surface area contributed by atoms with Gasteiger partial charge in [0, 0.05) is 55.9 Å². The van der Waals surface area contributed by atoms with Crippen molar-refractivity contribution in [2.24, 2.45) is 0 Å². The van der Waals surface area contributed by atoms with Crippen molar-refractivity contribution in [2.75, 3.05) is 13.1 Å². The summed E-state index contributed by atoms with van der Waals surface area (Å²) in [4.78, 5) is 36.8. The van der Waals surface area contributed by atoms with Crippen LogP contribution >= 0.6 is 0 Å². The summed E-state index contributed by atoms with van der Waals surface area (Å²) in [5, 5.41) is 4.97. The van der Waals surface area contributed by atoms with Gasteiger partial charge in [0.25, 0.3) is 5.56 Å². The molecule has 0 atom stereocenters. The van der Waals surface area contributed by atoms with E-state index in [0.29, 0.717) is 24.1 Å². The van der Waals surface area contributed by atoms with Gasteiger partial charge in [-0.15, -0.1) is 0 Å². The van der Waals surface area contributed by atoms with Crippen molar-refractivity contribution in [2.45, 2.75) is 13.0 Å². The number of carbonyl (C=O) groups is 1. The van der Waals surface area contributed by atoms with E-state index in [0.717, 1.165) is 16.8 Å². The minimum Gasteiger partial charge on any atom is -0.339 e. The van der Waals surface area contributed by atoms with Crippen LogP contribution in [-0.2, 0) is 4.79 Å². The Hall–Kier alpha value is -3.75. The molecule has 4 aromatic heterocycles. The summed E-state index contributed by atoms with van der Waals surface area (Å²) in [5.41, 5.74) is 2.83. The lowest BCUT2D eigenvalue weighted by Crippen LogP contribution is -2.49. The molecule has 5 heterocycles. The molecule has 140 valence electrons. The number of nitrogens with one attached hydrogen (secondary N) is 1. The summed E-state index contributed by atoms with van der Waals surface area (Å²) >= 11 is 0. The summed E-state index contributed by atoms with van der Waals surface area (Å²) in [7, 11) is 0. The Morgan fingerprint density at radius 1 is 1.21 bits per heavy atom. The van der Waals surface area contributed by atoms with Crippen molar-refractivity contribution in [1.29, 1.82) is 0 Å². The summed E-state index contributed by atoms with van der Waals surface area (Å²) in [6.45, 7) is 2.87. The predicted molar refractivity (Wildman–Crippen MR) is 102 cm³/mol. The molecule has 1 aliphatic heterocycles. The number of H-pyrrole nitrogens is 1. The Balaban J connectivity index is 1.59. The highest BCUT2D eigenvalue weighted by Gasteiger charge is 2.30. The van der Waals surface area contributed by atoms with Crippen LogP contribution in [0, 0.1) is 0 Å². The Labute approximate surface area is 159 Å². The fraction of sp³-hybridized carbons (Fsp3) is 0.211. The molecule has 9 nitrogen and oxygen atoms in total. The molecule has 9 heteroatoms. The molecule has 0 spiro atoms. The number of aromatic nitrogens is 6. The van der Waals surface area contributed by atoms with Gasteiger partial charge in [-0.05, 0) is 12.1 Å². The van der Waals surface area contributed by atoms with Crippen LogP contribution in [0.3, 0.4) is 0 Å². The minimum atomic E-state index is -0.202. The maximum atomic E-state index is 12.6. The number of hydrogen-bond acceptors (Lipinski definition) is 5. The Bertz CT molecular complexity index is 1230.